The van der Waals surface area contributed by atoms with Crippen LogP contribution < -0.4 is 15.8 Å². The number of pyridine rings is 1. The van der Waals surface area contributed by atoms with Gasteiger partial charge < -0.3 is 15.8 Å². The highest BCUT2D eigenvalue weighted by Gasteiger charge is 2.13. The third-order valence-electron chi connectivity index (χ3n) is 2.54. The first kappa shape index (κ1) is 15.7. The Morgan fingerprint density at radius 1 is 1.45 bits per heavy atom. The number of nitrogens with two attached hydrogens (primary N) is 1. The third kappa shape index (κ3) is 4.08. The van der Waals surface area contributed by atoms with Gasteiger partial charge in [-0.2, -0.15) is 0 Å². The molecule has 1 rings (SSSR count). The zero-order chi connectivity index (χ0) is 15.1. The molecule has 0 aromatic carbocycles. The van der Waals surface area contributed by atoms with Crippen LogP contribution >= 0.6 is 0 Å². The highest BCUT2D eigenvalue weighted by molar-refractivity contribution is 5.95. The fourth-order valence-electron chi connectivity index (χ4n) is 1.63. The maximum atomic E-state index is 11.2. The van der Waals surface area contributed by atoms with Crippen molar-refractivity contribution in [2.45, 2.75) is 26.7 Å². The number of methoxy groups -OCH3 is 1. The number of carbonyl (C=O) groups is 2. The molecule has 0 fully saturated rings. The van der Waals surface area contributed by atoms with E-state index in [1.54, 1.807) is 6.07 Å². The van der Waals surface area contributed by atoms with Crippen LogP contribution in [0.5, 0.6) is 5.88 Å². The van der Waals surface area contributed by atoms with Gasteiger partial charge in [0.2, 0.25) is 11.8 Å². The largest absolute Gasteiger partial charge is 0.480 e. The first-order valence-electron chi connectivity index (χ1n) is 6.32. The number of nitrogens with one attached hydrogen (secondary N) is 1. The summed E-state index contributed by atoms with van der Waals surface area (Å²) < 4.78 is 5.06. The molecule has 1 heterocycles. The number of primary amides is 1. The third-order valence-corrected chi connectivity index (χ3v) is 2.54. The van der Waals surface area contributed by atoms with E-state index in [2.05, 4.69) is 10.3 Å². The van der Waals surface area contributed by atoms with Gasteiger partial charge in [0.25, 0.3) is 5.91 Å². The van der Waals surface area contributed by atoms with E-state index < -0.39 is 5.91 Å². The lowest BCUT2D eigenvalue weighted by molar-refractivity contribution is -0.117. The molecule has 0 aliphatic heterocycles. The lowest BCUT2D eigenvalue weighted by atomic mass is 10.1. The van der Waals surface area contributed by atoms with Gasteiger partial charge >= 0.3 is 0 Å². The number of nitrogens with zero attached hydrogens (tertiary/aromatic N) is 1. The van der Waals surface area contributed by atoms with E-state index in [1.165, 1.54) is 20.1 Å². The van der Waals surface area contributed by atoms with Crippen LogP contribution in [0.3, 0.4) is 0 Å². The van der Waals surface area contributed by atoms with Crippen molar-refractivity contribution in [2.75, 3.05) is 7.11 Å². The second-order valence-electron chi connectivity index (χ2n) is 4.21. The first-order chi connectivity index (χ1) is 9.49. The van der Waals surface area contributed by atoms with E-state index in [-0.39, 0.29) is 17.4 Å². The predicted molar refractivity (Wildman–Crippen MR) is 76.0 cm³/mol. The van der Waals surface area contributed by atoms with Gasteiger partial charge in [0.1, 0.15) is 5.56 Å². The molecule has 0 spiro atoms. The molecule has 0 aliphatic rings. The average Bonchev–Trinajstić information content (AvgIpc) is 2.42. The van der Waals surface area contributed by atoms with Gasteiger partial charge in [-0.3, -0.25) is 9.59 Å². The molecule has 0 bridgehead atoms. The van der Waals surface area contributed by atoms with Gasteiger partial charge in [-0.1, -0.05) is 19.4 Å². The molecule has 2 amide bonds. The van der Waals surface area contributed by atoms with E-state index in [9.17, 15) is 9.59 Å². The number of rotatable bonds is 6. The Bertz CT molecular complexity index is 538. The summed E-state index contributed by atoms with van der Waals surface area (Å²) in [5, 5.41) is 2.72. The number of hydrogen-bond donors (Lipinski definition) is 2. The molecule has 0 saturated heterocycles. The molecular weight excluding hydrogens is 258 g/mol. The summed E-state index contributed by atoms with van der Waals surface area (Å²) >= 11 is 0. The molecule has 0 saturated carbocycles. The molecule has 6 heteroatoms. The standard InChI is InChI=1S/C14H19N3O3/c1-4-5-6-11(16-9(2)18)12-8-7-10(13(15)19)14(17-12)20-3/h6-8H,4-5H2,1-3H3,(H2,15,19)(H,16,18)/b11-6-. The van der Waals surface area contributed by atoms with Gasteiger partial charge in [-0.15, -0.1) is 0 Å². The highest BCUT2D eigenvalue weighted by Crippen LogP contribution is 2.19. The number of unbranched alkanes of at least 4 members (excludes halogenated alkanes) is 1. The number of hydrogen-bond acceptors (Lipinski definition) is 4. The van der Waals surface area contributed by atoms with Crippen LogP contribution in [-0.2, 0) is 4.79 Å². The molecule has 0 aliphatic carbocycles. The summed E-state index contributed by atoms with van der Waals surface area (Å²) in [6.07, 6.45) is 3.63. The van der Waals surface area contributed by atoms with Crippen LogP contribution in [0.15, 0.2) is 18.2 Å². The van der Waals surface area contributed by atoms with Gasteiger partial charge in [0.05, 0.1) is 18.5 Å². The lowest BCUT2D eigenvalue weighted by Gasteiger charge is -2.11. The van der Waals surface area contributed by atoms with Crippen molar-refractivity contribution in [3.63, 3.8) is 0 Å². The van der Waals surface area contributed by atoms with Gasteiger partial charge in [-0.25, -0.2) is 4.98 Å². The average molecular weight is 277 g/mol. The van der Waals surface area contributed by atoms with Crippen LogP contribution in [-0.4, -0.2) is 23.9 Å². The van der Waals surface area contributed by atoms with Crippen molar-refractivity contribution in [1.29, 1.82) is 0 Å². The van der Waals surface area contributed by atoms with E-state index in [1.807, 2.05) is 13.0 Å². The summed E-state index contributed by atoms with van der Waals surface area (Å²) in [5.74, 6) is -0.658. The Kier molecular flexibility index (Phi) is 5.71. The fraction of sp³-hybridized carbons (Fsp3) is 0.357. The number of ether oxygens (including phenoxy) is 1. The summed E-state index contributed by atoms with van der Waals surface area (Å²) in [5.41, 5.74) is 6.55. The van der Waals surface area contributed by atoms with Crippen molar-refractivity contribution < 1.29 is 14.3 Å². The Balaban J connectivity index is 3.20. The topological polar surface area (TPSA) is 94.3 Å². The molecular formula is C14H19N3O3. The van der Waals surface area contributed by atoms with Crippen molar-refractivity contribution >= 4 is 17.5 Å². The minimum absolute atomic E-state index is 0.141. The van der Waals surface area contributed by atoms with Crippen molar-refractivity contribution in [1.82, 2.24) is 10.3 Å². The van der Waals surface area contributed by atoms with Crippen LogP contribution in [0.2, 0.25) is 0 Å². The van der Waals surface area contributed by atoms with Crippen LogP contribution in [0.25, 0.3) is 5.70 Å². The Labute approximate surface area is 118 Å². The van der Waals surface area contributed by atoms with E-state index in [0.717, 1.165) is 12.8 Å². The Hall–Kier alpha value is -2.37. The molecule has 0 unspecified atom stereocenters. The van der Waals surface area contributed by atoms with E-state index in [0.29, 0.717) is 11.4 Å². The zero-order valence-corrected chi connectivity index (χ0v) is 11.9. The number of allylic oxidation sites excluding steroid dienone is 1. The van der Waals surface area contributed by atoms with E-state index >= 15 is 0 Å². The molecule has 3 N–H and O–H groups in total. The molecule has 20 heavy (non-hydrogen) atoms. The second kappa shape index (κ2) is 7.28. The summed E-state index contributed by atoms with van der Waals surface area (Å²) in [6.45, 7) is 3.46. The molecule has 0 atom stereocenters. The summed E-state index contributed by atoms with van der Waals surface area (Å²) in [4.78, 5) is 26.7. The van der Waals surface area contributed by atoms with E-state index in [4.69, 9.17) is 10.5 Å². The molecule has 108 valence electrons. The second-order valence-corrected chi connectivity index (χ2v) is 4.21. The van der Waals surface area contributed by atoms with Gasteiger partial charge in [-0.05, 0) is 18.6 Å². The minimum Gasteiger partial charge on any atom is -0.480 e. The van der Waals surface area contributed by atoms with Crippen molar-refractivity contribution in [2.24, 2.45) is 5.73 Å². The smallest absolute Gasteiger partial charge is 0.254 e. The van der Waals surface area contributed by atoms with Gasteiger partial charge in [0.15, 0.2) is 0 Å². The molecule has 6 nitrogen and oxygen atoms in total. The SMILES string of the molecule is CCC/C=C(\NC(C)=O)c1ccc(C(N)=O)c(OC)n1. The quantitative estimate of drug-likeness (QED) is 0.823. The molecule has 1 aromatic heterocycles. The van der Waals surface area contributed by atoms with Gasteiger partial charge in [0, 0.05) is 6.92 Å². The normalized spacial score (nSPS) is 11.1. The summed E-state index contributed by atoms with van der Waals surface area (Å²) in [7, 11) is 1.41. The lowest BCUT2D eigenvalue weighted by Crippen LogP contribution is -2.20. The number of amides is 2. The molecule has 1 aromatic rings. The number of carbonyl (C=O) groups excluding carboxylic acids is 2. The first-order valence-corrected chi connectivity index (χ1v) is 6.32. The van der Waals surface area contributed by atoms with Crippen molar-refractivity contribution in [3.8, 4) is 5.88 Å². The zero-order valence-electron chi connectivity index (χ0n) is 11.9. The molecule has 0 radical (unpaired) electrons. The van der Waals surface area contributed by atoms with Crippen LogP contribution in [0, 0.1) is 0 Å². The maximum Gasteiger partial charge on any atom is 0.254 e. The van der Waals surface area contributed by atoms with Crippen molar-refractivity contribution in [3.05, 3.63) is 29.5 Å². The summed E-state index contributed by atoms with van der Waals surface area (Å²) in [6, 6.07) is 3.16. The Morgan fingerprint density at radius 2 is 2.15 bits per heavy atom. The minimum atomic E-state index is -0.612. The Morgan fingerprint density at radius 3 is 2.65 bits per heavy atom. The van der Waals surface area contributed by atoms with Crippen LogP contribution in [0.1, 0.15) is 42.7 Å². The maximum absolute atomic E-state index is 11.2. The predicted octanol–water partition coefficient (Wildman–Crippen LogP) is 1.47. The fourth-order valence-corrected chi connectivity index (χ4v) is 1.63. The monoisotopic (exact) mass is 277 g/mol. The highest BCUT2D eigenvalue weighted by atomic mass is 16.5. The number of aromatic nitrogens is 1. The van der Waals surface area contributed by atoms with Crippen LogP contribution in [0.4, 0.5) is 0 Å².